The number of hydrogen-bond acceptors (Lipinski definition) is 3. The van der Waals surface area contributed by atoms with Crippen molar-refractivity contribution < 1.29 is 9.90 Å². The van der Waals surface area contributed by atoms with E-state index in [2.05, 4.69) is 15.2 Å². The fourth-order valence-electron chi connectivity index (χ4n) is 3.01. The molecule has 0 bridgehead atoms. The average molecular weight is 313 g/mol. The van der Waals surface area contributed by atoms with Crippen LogP contribution in [0.4, 0.5) is 0 Å². The summed E-state index contributed by atoms with van der Waals surface area (Å²) >= 11 is 0. The number of hydrogen-bond donors (Lipinski definition) is 3. The number of H-pyrrole nitrogens is 1. The first-order chi connectivity index (χ1) is 11.2. The first-order valence-corrected chi connectivity index (χ1v) is 8.12. The van der Waals surface area contributed by atoms with Crippen LogP contribution in [0.5, 0.6) is 0 Å². The molecule has 2 aromatic rings. The Kier molecular flexibility index (Phi) is 5.10. The summed E-state index contributed by atoms with van der Waals surface area (Å²) in [5, 5.41) is 13.3. The zero-order valence-corrected chi connectivity index (χ0v) is 13.1. The van der Waals surface area contributed by atoms with Crippen molar-refractivity contribution in [2.75, 3.05) is 19.6 Å². The van der Waals surface area contributed by atoms with E-state index in [-0.39, 0.29) is 11.9 Å². The topological polar surface area (TPSA) is 68.4 Å². The number of carbonyl (C=O) groups excluding carboxylic acids is 1. The zero-order chi connectivity index (χ0) is 16.1. The predicted molar refractivity (Wildman–Crippen MR) is 89.1 cm³/mol. The number of aromatic nitrogens is 1. The number of amides is 1. The number of aliphatic hydroxyl groups excluding tert-OH is 1. The summed E-state index contributed by atoms with van der Waals surface area (Å²) in [6.45, 7) is 2.40. The number of carbonyl (C=O) groups is 1. The number of nitrogens with one attached hydrogen (secondary N) is 2. The molecule has 0 spiro atoms. The maximum Gasteiger partial charge on any atom is 0.251 e. The molecule has 122 valence electrons. The molecule has 0 aliphatic carbocycles. The molecule has 23 heavy (non-hydrogen) atoms. The molecule has 1 aromatic heterocycles. The van der Waals surface area contributed by atoms with E-state index in [0.717, 1.165) is 31.6 Å². The van der Waals surface area contributed by atoms with Crippen LogP contribution in [0.1, 0.15) is 35.0 Å². The van der Waals surface area contributed by atoms with Gasteiger partial charge in [-0.25, -0.2) is 0 Å². The summed E-state index contributed by atoms with van der Waals surface area (Å²) in [6, 6.07) is 13.3. The van der Waals surface area contributed by atoms with Gasteiger partial charge in [0, 0.05) is 43.1 Å². The second-order valence-corrected chi connectivity index (χ2v) is 6.06. The van der Waals surface area contributed by atoms with Crippen LogP contribution in [0.25, 0.3) is 0 Å². The number of piperidine rings is 1. The Morgan fingerprint density at radius 1 is 1.22 bits per heavy atom. The van der Waals surface area contributed by atoms with Crippen LogP contribution in [-0.2, 0) is 0 Å². The lowest BCUT2D eigenvalue weighted by Crippen LogP contribution is -2.45. The van der Waals surface area contributed by atoms with Gasteiger partial charge in [0.1, 0.15) is 6.10 Å². The van der Waals surface area contributed by atoms with E-state index in [1.54, 1.807) is 0 Å². The maximum absolute atomic E-state index is 12.2. The van der Waals surface area contributed by atoms with Crippen molar-refractivity contribution in [2.45, 2.75) is 25.0 Å². The molecule has 0 radical (unpaired) electrons. The molecule has 1 aliphatic rings. The molecule has 3 N–H and O–H groups in total. The summed E-state index contributed by atoms with van der Waals surface area (Å²) in [4.78, 5) is 17.5. The zero-order valence-electron chi connectivity index (χ0n) is 13.1. The number of aromatic amines is 1. The second-order valence-electron chi connectivity index (χ2n) is 6.06. The number of nitrogens with zero attached hydrogens (tertiary/aromatic N) is 1. The molecule has 1 atom stereocenters. The van der Waals surface area contributed by atoms with Gasteiger partial charge in [-0.3, -0.25) is 4.79 Å². The third-order valence-corrected chi connectivity index (χ3v) is 4.37. The van der Waals surface area contributed by atoms with Crippen LogP contribution < -0.4 is 5.32 Å². The van der Waals surface area contributed by atoms with E-state index in [4.69, 9.17) is 0 Å². The number of likely N-dealkylation sites (tertiary alicyclic amines) is 1. The summed E-state index contributed by atoms with van der Waals surface area (Å²) in [5.41, 5.74) is 1.56. The van der Waals surface area contributed by atoms with Crippen molar-refractivity contribution >= 4 is 5.91 Å². The molecule has 1 amide bonds. The molecular formula is C18H23N3O2. The van der Waals surface area contributed by atoms with Gasteiger partial charge in [-0.1, -0.05) is 18.2 Å². The van der Waals surface area contributed by atoms with Gasteiger partial charge in [-0.2, -0.15) is 0 Å². The Morgan fingerprint density at radius 2 is 1.96 bits per heavy atom. The SMILES string of the molecule is O=C(NC1CCN(CC(O)c2ccc[nH]2)CC1)c1ccccc1. The van der Waals surface area contributed by atoms with E-state index in [1.165, 1.54) is 0 Å². The van der Waals surface area contributed by atoms with Crippen molar-refractivity contribution in [3.63, 3.8) is 0 Å². The van der Waals surface area contributed by atoms with Gasteiger partial charge >= 0.3 is 0 Å². The van der Waals surface area contributed by atoms with Gasteiger partial charge in [0.2, 0.25) is 0 Å². The van der Waals surface area contributed by atoms with Crippen molar-refractivity contribution in [2.24, 2.45) is 0 Å². The highest BCUT2D eigenvalue weighted by Gasteiger charge is 2.23. The van der Waals surface area contributed by atoms with Crippen LogP contribution in [0, 0.1) is 0 Å². The number of rotatable bonds is 5. The van der Waals surface area contributed by atoms with Crippen LogP contribution in [-0.4, -0.2) is 46.6 Å². The van der Waals surface area contributed by atoms with E-state index in [0.29, 0.717) is 12.1 Å². The lowest BCUT2D eigenvalue weighted by Gasteiger charge is -2.33. The van der Waals surface area contributed by atoms with Crippen molar-refractivity contribution in [1.29, 1.82) is 0 Å². The Bertz CT molecular complexity index is 604. The predicted octanol–water partition coefficient (Wildman–Crippen LogP) is 1.94. The summed E-state index contributed by atoms with van der Waals surface area (Å²) in [7, 11) is 0. The fraction of sp³-hybridized carbons (Fsp3) is 0.389. The van der Waals surface area contributed by atoms with E-state index < -0.39 is 6.10 Å². The summed E-state index contributed by atoms with van der Waals surface area (Å²) in [6.07, 6.45) is 3.16. The maximum atomic E-state index is 12.2. The van der Waals surface area contributed by atoms with E-state index in [9.17, 15) is 9.90 Å². The third kappa shape index (κ3) is 4.21. The minimum absolute atomic E-state index is 0.00419. The molecule has 0 saturated carbocycles. The molecule has 1 saturated heterocycles. The first-order valence-electron chi connectivity index (χ1n) is 8.12. The number of β-amino-alcohol motifs (C(OH)–C–C–N with tert-alkyl or cyclic N) is 1. The number of benzene rings is 1. The van der Waals surface area contributed by atoms with Crippen LogP contribution in [0.3, 0.4) is 0 Å². The molecule has 1 aliphatic heterocycles. The molecule has 2 heterocycles. The number of aliphatic hydroxyl groups is 1. The molecule has 5 heteroatoms. The van der Waals surface area contributed by atoms with Crippen LogP contribution in [0.15, 0.2) is 48.7 Å². The minimum Gasteiger partial charge on any atom is -0.386 e. The van der Waals surface area contributed by atoms with Crippen molar-refractivity contribution in [1.82, 2.24) is 15.2 Å². The fourth-order valence-corrected chi connectivity index (χ4v) is 3.01. The Hall–Kier alpha value is -2.11. The Morgan fingerprint density at radius 3 is 2.61 bits per heavy atom. The molecule has 1 aromatic carbocycles. The molecule has 3 rings (SSSR count). The molecule has 1 unspecified atom stereocenters. The average Bonchev–Trinajstić information content (AvgIpc) is 3.12. The highest BCUT2D eigenvalue weighted by atomic mass is 16.3. The lowest BCUT2D eigenvalue weighted by atomic mass is 10.0. The van der Waals surface area contributed by atoms with E-state index >= 15 is 0 Å². The lowest BCUT2D eigenvalue weighted by molar-refractivity contribution is 0.0818. The van der Waals surface area contributed by atoms with Gasteiger partial charge in [0.25, 0.3) is 5.91 Å². The van der Waals surface area contributed by atoms with Gasteiger partial charge in [-0.15, -0.1) is 0 Å². The van der Waals surface area contributed by atoms with Gasteiger partial charge < -0.3 is 20.3 Å². The second kappa shape index (κ2) is 7.44. The van der Waals surface area contributed by atoms with Crippen LogP contribution in [0.2, 0.25) is 0 Å². The van der Waals surface area contributed by atoms with Gasteiger partial charge in [0.05, 0.1) is 0 Å². The van der Waals surface area contributed by atoms with Crippen molar-refractivity contribution in [3.8, 4) is 0 Å². The highest BCUT2D eigenvalue weighted by molar-refractivity contribution is 5.94. The Balaban J connectivity index is 1.44. The van der Waals surface area contributed by atoms with Crippen molar-refractivity contribution in [3.05, 3.63) is 59.9 Å². The van der Waals surface area contributed by atoms with E-state index in [1.807, 2.05) is 48.7 Å². The molecular weight excluding hydrogens is 290 g/mol. The Labute approximate surface area is 136 Å². The van der Waals surface area contributed by atoms with Gasteiger partial charge in [-0.05, 0) is 37.1 Å². The summed E-state index contributed by atoms with van der Waals surface area (Å²) in [5.74, 6) is -0.00419. The smallest absolute Gasteiger partial charge is 0.251 e. The van der Waals surface area contributed by atoms with Crippen LogP contribution >= 0.6 is 0 Å². The monoisotopic (exact) mass is 313 g/mol. The first kappa shape index (κ1) is 15.8. The van der Waals surface area contributed by atoms with Gasteiger partial charge in [0.15, 0.2) is 0 Å². The quantitative estimate of drug-likeness (QED) is 0.790. The molecule has 5 nitrogen and oxygen atoms in total. The molecule has 1 fully saturated rings. The minimum atomic E-state index is -0.486. The highest BCUT2D eigenvalue weighted by Crippen LogP contribution is 2.16. The summed E-state index contributed by atoms with van der Waals surface area (Å²) < 4.78 is 0. The largest absolute Gasteiger partial charge is 0.386 e. The third-order valence-electron chi connectivity index (χ3n) is 4.37. The standard InChI is InChI=1S/C18H23N3O2/c22-17(16-7-4-10-19-16)13-21-11-8-15(9-12-21)20-18(23)14-5-2-1-3-6-14/h1-7,10,15,17,19,22H,8-9,11-13H2,(H,20,23). The normalized spacial score (nSPS) is 17.8.